The molecule has 162 valence electrons. The first-order valence-corrected chi connectivity index (χ1v) is 11.9. The largest absolute Gasteiger partial charge is 0.369 e. The number of nitrogens with two attached hydrogens (primary N) is 1. The number of alkyl halides is 1. The van der Waals surface area contributed by atoms with Gasteiger partial charge < -0.3 is 16.0 Å². The van der Waals surface area contributed by atoms with Crippen molar-refractivity contribution >= 4 is 21.5 Å². The second-order valence-corrected chi connectivity index (χ2v) is 10.7. The van der Waals surface area contributed by atoms with Crippen molar-refractivity contribution < 1.29 is 12.8 Å². The molecule has 2 fully saturated rings. The number of nitrogens with one attached hydrogen (secondary N) is 1. The molecule has 1 saturated carbocycles. The van der Waals surface area contributed by atoms with E-state index in [0.717, 1.165) is 37.4 Å². The van der Waals surface area contributed by atoms with Crippen molar-refractivity contribution in [2.75, 3.05) is 36.8 Å². The summed E-state index contributed by atoms with van der Waals surface area (Å²) in [5, 5.41) is 2.75. The number of anilines is 2. The maximum absolute atomic E-state index is 14.2. The Morgan fingerprint density at radius 3 is 2.37 bits per heavy atom. The Bertz CT molecular complexity index is 995. The topological polar surface area (TPSA) is 101 Å². The number of hydrogen-bond donors (Lipinski definition) is 2. The van der Waals surface area contributed by atoms with Crippen LogP contribution >= 0.6 is 0 Å². The number of benzene rings is 1. The molecule has 1 saturated heterocycles. The number of halogens is 1. The monoisotopic (exact) mass is 433 g/mol. The van der Waals surface area contributed by atoms with Gasteiger partial charge in [0.25, 0.3) is 0 Å². The molecular weight excluding hydrogens is 405 g/mol. The molecule has 0 unspecified atom stereocenters. The van der Waals surface area contributed by atoms with E-state index in [2.05, 4.69) is 20.2 Å². The van der Waals surface area contributed by atoms with Crippen LogP contribution in [0.3, 0.4) is 0 Å². The number of sulfone groups is 1. The van der Waals surface area contributed by atoms with E-state index in [1.807, 2.05) is 6.07 Å². The van der Waals surface area contributed by atoms with E-state index >= 15 is 0 Å². The molecule has 0 radical (unpaired) electrons. The van der Waals surface area contributed by atoms with E-state index in [1.165, 1.54) is 0 Å². The number of nitrogens with zero attached hydrogens (tertiary/aromatic N) is 3. The quantitative estimate of drug-likeness (QED) is 0.764. The Hall–Kier alpha value is -2.26. The van der Waals surface area contributed by atoms with Gasteiger partial charge in [-0.25, -0.2) is 22.8 Å². The summed E-state index contributed by atoms with van der Waals surface area (Å²) in [7, 11) is -3.59. The standard InChI is InChI=1S/C21H28FN5O2S/c1-21(22)4-2-18(3-5-21)30(28,29)19-11-15(16-13-25-20(23)26-14-16)10-17(12-19)27-8-6-24-7-9-27/h10-14,18,24H,2-9H2,1H3,(H2,23,25,26). The number of nitrogen functional groups attached to an aromatic ring is 1. The fourth-order valence-electron chi connectivity index (χ4n) is 4.20. The van der Waals surface area contributed by atoms with Gasteiger partial charge in [0.2, 0.25) is 5.95 Å². The lowest BCUT2D eigenvalue weighted by molar-refractivity contribution is 0.131. The van der Waals surface area contributed by atoms with Crippen LogP contribution in [-0.4, -0.2) is 55.5 Å². The highest BCUT2D eigenvalue weighted by atomic mass is 32.2. The minimum atomic E-state index is -3.59. The predicted molar refractivity (Wildman–Crippen MR) is 116 cm³/mol. The normalized spacial score (nSPS) is 25.3. The second kappa shape index (κ2) is 8.11. The van der Waals surface area contributed by atoms with Gasteiger partial charge in [-0.2, -0.15) is 0 Å². The van der Waals surface area contributed by atoms with Crippen molar-refractivity contribution in [2.24, 2.45) is 0 Å². The van der Waals surface area contributed by atoms with Gasteiger partial charge in [0.15, 0.2) is 9.84 Å². The first-order valence-electron chi connectivity index (χ1n) is 10.4. The Labute approximate surface area is 176 Å². The van der Waals surface area contributed by atoms with Crippen LogP contribution in [-0.2, 0) is 9.84 Å². The van der Waals surface area contributed by atoms with Gasteiger partial charge in [-0.1, -0.05) is 0 Å². The summed E-state index contributed by atoms with van der Waals surface area (Å²) in [6.45, 7) is 4.83. The lowest BCUT2D eigenvalue weighted by atomic mass is 9.88. The van der Waals surface area contributed by atoms with Crippen LogP contribution in [0.5, 0.6) is 0 Å². The molecule has 1 aliphatic carbocycles. The minimum Gasteiger partial charge on any atom is -0.369 e. The van der Waals surface area contributed by atoms with Crippen molar-refractivity contribution in [1.82, 2.24) is 15.3 Å². The van der Waals surface area contributed by atoms with Crippen LogP contribution in [0.15, 0.2) is 35.5 Å². The molecule has 2 heterocycles. The number of piperazine rings is 1. The fourth-order valence-corrected chi connectivity index (χ4v) is 6.02. The molecule has 3 N–H and O–H groups in total. The Morgan fingerprint density at radius 1 is 1.10 bits per heavy atom. The Morgan fingerprint density at radius 2 is 1.73 bits per heavy atom. The maximum Gasteiger partial charge on any atom is 0.219 e. The number of aromatic nitrogens is 2. The van der Waals surface area contributed by atoms with Crippen LogP contribution < -0.4 is 16.0 Å². The SMILES string of the molecule is CC1(F)CCC(S(=O)(=O)c2cc(-c3cnc(N)nc3)cc(N3CCNCC3)c2)CC1. The van der Waals surface area contributed by atoms with E-state index in [0.29, 0.717) is 18.4 Å². The van der Waals surface area contributed by atoms with Gasteiger partial charge in [-0.05, 0) is 56.4 Å². The summed E-state index contributed by atoms with van der Waals surface area (Å²) >= 11 is 0. The zero-order valence-corrected chi connectivity index (χ0v) is 18.0. The molecule has 2 aromatic rings. The molecule has 9 heteroatoms. The molecule has 2 aliphatic rings. The van der Waals surface area contributed by atoms with Crippen molar-refractivity contribution in [3.05, 3.63) is 30.6 Å². The molecule has 4 rings (SSSR count). The lowest BCUT2D eigenvalue weighted by Gasteiger charge is -2.32. The lowest BCUT2D eigenvalue weighted by Crippen LogP contribution is -2.43. The minimum absolute atomic E-state index is 0.168. The highest BCUT2D eigenvalue weighted by Gasteiger charge is 2.37. The Balaban J connectivity index is 1.74. The summed E-state index contributed by atoms with van der Waals surface area (Å²) in [6.07, 6.45) is 4.43. The molecule has 1 aromatic carbocycles. The van der Waals surface area contributed by atoms with Gasteiger partial charge in [0.05, 0.1) is 10.1 Å². The molecule has 0 amide bonds. The van der Waals surface area contributed by atoms with E-state index in [4.69, 9.17) is 5.73 Å². The fraction of sp³-hybridized carbons (Fsp3) is 0.524. The first-order chi connectivity index (χ1) is 14.2. The smallest absolute Gasteiger partial charge is 0.219 e. The van der Waals surface area contributed by atoms with Crippen molar-refractivity contribution in [3.8, 4) is 11.1 Å². The third kappa shape index (κ3) is 4.41. The summed E-state index contributed by atoms with van der Waals surface area (Å²) in [5.41, 5.74) is 6.62. The van der Waals surface area contributed by atoms with E-state index in [-0.39, 0.29) is 23.7 Å². The zero-order chi connectivity index (χ0) is 21.4. The maximum atomic E-state index is 14.2. The van der Waals surface area contributed by atoms with Gasteiger partial charge in [-0.3, -0.25) is 0 Å². The third-order valence-electron chi connectivity index (χ3n) is 6.12. The third-order valence-corrected chi connectivity index (χ3v) is 8.36. The summed E-state index contributed by atoms with van der Waals surface area (Å²) in [4.78, 5) is 10.5. The van der Waals surface area contributed by atoms with Crippen LogP contribution in [0, 0.1) is 0 Å². The van der Waals surface area contributed by atoms with Crippen LogP contribution in [0.1, 0.15) is 32.6 Å². The van der Waals surface area contributed by atoms with Crippen LogP contribution in [0.2, 0.25) is 0 Å². The Kier molecular flexibility index (Phi) is 5.67. The highest BCUT2D eigenvalue weighted by molar-refractivity contribution is 7.92. The first kappa shape index (κ1) is 21.0. The van der Waals surface area contributed by atoms with E-state index in [9.17, 15) is 12.8 Å². The molecule has 1 aromatic heterocycles. The van der Waals surface area contributed by atoms with Crippen molar-refractivity contribution in [2.45, 2.75) is 48.4 Å². The van der Waals surface area contributed by atoms with Crippen LogP contribution in [0.4, 0.5) is 16.0 Å². The van der Waals surface area contributed by atoms with Crippen molar-refractivity contribution in [3.63, 3.8) is 0 Å². The molecular formula is C21H28FN5O2S. The van der Waals surface area contributed by atoms with Gasteiger partial charge in [0, 0.05) is 49.8 Å². The average molecular weight is 434 g/mol. The molecule has 1 aliphatic heterocycles. The highest BCUT2D eigenvalue weighted by Crippen LogP contribution is 2.38. The number of hydrogen-bond acceptors (Lipinski definition) is 7. The van der Waals surface area contributed by atoms with Gasteiger partial charge in [0.1, 0.15) is 5.67 Å². The molecule has 0 spiro atoms. The van der Waals surface area contributed by atoms with Crippen LogP contribution in [0.25, 0.3) is 11.1 Å². The average Bonchev–Trinajstić information content (AvgIpc) is 2.74. The zero-order valence-electron chi connectivity index (χ0n) is 17.1. The van der Waals surface area contributed by atoms with E-state index < -0.39 is 20.8 Å². The summed E-state index contributed by atoms with van der Waals surface area (Å²) < 4.78 is 41.2. The second-order valence-electron chi connectivity index (χ2n) is 8.44. The molecule has 0 bridgehead atoms. The molecule has 0 atom stereocenters. The summed E-state index contributed by atoms with van der Waals surface area (Å²) in [6, 6.07) is 5.41. The predicted octanol–water partition coefficient (Wildman–Crippen LogP) is 2.58. The van der Waals surface area contributed by atoms with E-state index in [1.54, 1.807) is 31.5 Å². The van der Waals surface area contributed by atoms with Gasteiger partial charge >= 0.3 is 0 Å². The van der Waals surface area contributed by atoms with Crippen molar-refractivity contribution in [1.29, 1.82) is 0 Å². The molecule has 7 nitrogen and oxygen atoms in total. The number of rotatable bonds is 4. The summed E-state index contributed by atoms with van der Waals surface area (Å²) in [5.74, 6) is 0.168. The molecule has 30 heavy (non-hydrogen) atoms. The van der Waals surface area contributed by atoms with Gasteiger partial charge in [-0.15, -0.1) is 0 Å².